The molecule has 1 rings (SSSR count). The van der Waals surface area contributed by atoms with Gasteiger partial charge in [-0.05, 0) is 37.8 Å². The summed E-state index contributed by atoms with van der Waals surface area (Å²) in [5, 5.41) is 3.55. The second kappa shape index (κ2) is 6.07. The van der Waals surface area contributed by atoms with Crippen molar-refractivity contribution in [1.82, 2.24) is 5.32 Å². The van der Waals surface area contributed by atoms with Crippen LogP contribution in [-0.2, 0) is 4.74 Å². The van der Waals surface area contributed by atoms with Crippen LogP contribution in [0, 0.1) is 5.92 Å². The van der Waals surface area contributed by atoms with Crippen molar-refractivity contribution in [2.45, 2.75) is 46.1 Å². The molecular formula is C12H23NO. The maximum absolute atomic E-state index is 5.70. The van der Waals surface area contributed by atoms with E-state index >= 15 is 0 Å². The number of allylic oxidation sites excluding steroid dienone is 1. The molecule has 14 heavy (non-hydrogen) atoms. The molecule has 0 aromatic rings. The van der Waals surface area contributed by atoms with Crippen LogP contribution >= 0.6 is 0 Å². The van der Waals surface area contributed by atoms with Crippen molar-refractivity contribution in [2.24, 2.45) is 5.92 Å². The topological polar surface area (TPSA) is 21.3 Å². The van der Waals surface area contributed by atoms with Crippen LogP contribution < -0.4 is 5.32 Å². The summed E-state index contributed by atoms with van der Waals surface area (Å²) >= 11 is 0. The molecule has 0 aliphatic carbocycles. The minimum absolute atomic E-state index is 0.412. The van der Waals surface area contributed by atoms with Gasteiger partial charge in [-0.25, -0.2) is 0 Å². The Hall–Kier alpha value is -0.500. The van der Waals surface area contributed by atoms with E-state index < -0.39 is 0 Å². The standard InChI is InChI=1S/C12H23NO/c1-4-8-13-12(10(2)3)11-7-5-6-9-14-11/h7,10,12-13H,4-6,8-9H2,1-3H3. The van der Waals surface area contributed by atoms with Crippen LogP contribution in [0.4, 0.5) is 0 Å². The van der Waals surface area contributed by atoms with Crippen molar-refractivity contribution in [3.05, 3.63) is 11.8 Å². The average molecular weight is 197 g/mol. The maximum Gasteiger partial charge on any atom is 0.109 e. The SMILES string of the molecule is CCCNC(C1=CCCCO1)C(C)C. The number of hydrogen-bond acceptors (Lipinski definition) is 2. The Balaban J connectivity index is 2.52. The molecule has 1 aliphatic rings. The first-order valence-corrected chi connectivity index (χ1v) is 5.82. The second-order valence-corrected chi connectivity index (χ2v) is 4.27. The molecule has 1 atom stereocenters. The van der Waals surface area contributed by atoms with Crippen molar-refractivity contribution < 1.29 is 4.74 Å². The van der Waals surface area contributed by atoms with Gasteiger partial charge in [0.15, 0.2) is 0 Å². The van der Waals surface area contributed by atoms with Gasteiger partial charge in [-0.15, -0.1) is 0 Å². The zero-order valence-electron chi connectivity index (χ0n) is 9.68. The maximum atomic E-state index is 5.70. The van der Waals surface area contributed by atoms with Crippen LogP contribution in [-0.4, -0.2) is 19.2 Å². The Morgan fingerprint density at radius 3 is 2.79 bits per heavy atom. The molecule has 0 saturated carbocycles. The summed E-state index contributed by atoms with van der Waals surface area (Å²) in [6, 6.07) is 0.412. The summed E-state index contributed by atoms with van der Waals surface area (Å²) in [6.45, 7) is 8.64. The zero-order valence-corrected chi connectivity index (χ0v) is 9.68. The lowest BCUT2D eigenvalue weighted by Gasteiger charge is -2.27. The van der Waals surface area contributed by atoms with Crippen LogP contribution in [0.1, 0.15) is 40.0 Å². The first kappa shape index (κ1) is 11.6. The molecule has 0 radical (unpaired) electrons. The highest BCUT2D eigenvalue weighted by molar-refractivity contribution is 5.06. The highest BCUT2D eigenvalue weighted by atomic mass is 16.5. The van der Waals surface area contributed by atoms with E-state index in [1.165, 1.54) is 25.0 Å². The molecule has 1 N–H and O–H groups in total. The minimum Gasteiger partial charge on any atom is -0.497 e. The number of hydrogen-bond donors (Lipinski definition) is 1. The predicted octanol–water partition coefficient (Wildman–Crippen LogP) is 2.70. The van der Waals surface area contributed by atoms with Crippen LogP contribution in [0.15, 0.2) is 11.8 Å². The molecule has 0 saturated heterocycles. The summed E-state index contributed by atoms with van der Waals surface area (Å²) in [5.74, 6) is 1.77. The average Bonchev–Trinajstić information content (AvgIpc) is 2.19. The third-order valence-corrected chi connectivity index (χ3v) is 2.55. The monoisotopic (exact) mass is 197 g/mol. The van der Waals surface area contributed by atoms with E-state index in [1.807, 2.05) is 0 Å². The Morgan fingerprint density at radius 1 is 1.50 bits per heavy atom. The smallest absolute Gasteiger partial charge is 0.109 e. The van der Waals surface area contributed by atoms with Gasteiger partial charge in [0.25, 0.3) is 0 Å². The van der Waals surface area contributed by atoms with Gasteiger partial charge in [-0.3, -0.25) is 0 Å². The zero-order chi connectivity index (χ0) is 10.4. The van der Waals surface area contributed by atoms with Gasteiger partial charge in [0.05, 0.1) is 12.6 Å². The minimum atomic E-state index is 0.412. The van der Waals surface area contributed by atoms with Gasteiger partial charge < -0.3 is 10.1 Å². The summed E-state index contributed by atoms with van der Waals surface area (Å²) in [5.41, 5.74) is 0. The van der Waals surface area contributed by atoms with E-state index in [0.29, 0.717) is 12.0 Å². The second-order valence-electron chi connectivity index (χ2n) is 4.27. The van der Waals surface area contributed by atoms with Gasteiger partial charge in [-0.2, -0.15) is 0 Å². The molecule has 1 aliphatic heterocycles. The van der Waals surface area contributed by atoms with Gasteiger partial charge in [0.1, 0.15) is 5.76 Å². The van der Waals surface area contributed by atoms with Crippen LogP contribution in [0.3, 0.4) is 0 Å². The fraction of sp³-hybridized carbons (Fsp3) is 0.833. The molecule has 0 spiro atoms. The third-order valence-electron chi connectivity index (χ3n) is 2.55. The molecule has 0 aromatic carbocycles. The summed E-state index contributed by atoms with van der Waals surface area (Å²) in [6.07, 6.45) is 5.77. The normalized spacial score (nSPS) is 19.0. The van der Waals surface area contributed by atoms with E-state index in [9.17, 15) is 0 Å². The van der Waals surface area contributed by atoms with Crippen molar-refractivity contribution in [3.63, 3.8) is 0 Å². The van der Waals surface area contributed by atoms with Crippen LogP contribution in [0.2, 0.25) is 0 Å². The van der Waals surface area contributed by atoms with Crippen molar-refractivity contribution in [1.29, 1.82) is 0 Å². The molecule has 0 bridgehead atoms. The molecule has 82 valence electrons. The number of nitrogens with one attached hydrogen (secondary N) is 1. The van der Waals surface area contributed by atoms with Gasteiger partial charge in [-0.1, -0.05) is 20.8 Å². The van der Waals surface area contributed by atoms with Crippen molar-refractivity contribution in [2.75, 3.05) is 13.2 Å². The van der Waals surface area contributed by atoms with Crippen LogP contribution in [0.5, 0.6) is 0 Å². The van der Waals surface area contributed by atoms with Crippen molar-refractivity contribution >= 4 is 0 Å². The lowest BCUT2D eigenvalue weighted by molar-refractivity contribution is 0.155. The molecule has 0 amide bonds. The Kier molecular flexibility index (Phi) is 5.02. The lowest BCUT2D eigenvalue weighted by atomic mass is 10.00. The first-order chi connectivity index (χ1) is 6.75. The van der Waals surface area contributed by atoms with E-state index in [1.54, 1.807) is 0 Å². The highest BCUT2D eigenvalue weighted by Crippen LogP contribution is 2.18. The highest BCUT2D eigenvalue weighted by Gasteiger charge is 2.20. The summed E-state index contributed by atoms with van der Waals surface area (Å²) in [7, 11) is 0. The van der Waals surface area contributed by atoms with Crippen molar-refractivity contribution in [3.8, 4) is 0 Å². The van der Waals surface area contributed by atoms with E-state index in [4.69, 9.17) is 4.74 Å². The third kappa shape index (κ3) is 3.33. The molecular weight excluding hydrogens is 174 g/mol. The largest absolute Gasteiger partial charge is 0.497 e. The molecule has 1 heterocycles. The molecule has 2 nitrogen and oxygen atoms in total. The van der Waals surface area contributed by atoms with E-state index in [0.717, 1.165) is 13.2 Å². The quantitative estimate of drug-likeness (QED) is 0.731. The Morgan fingerprint density at radius 2 is 2.29 bits per heavy atom. The van der Waals surface area contributed by atoms with Gasteiger partial charge in [0.2, 0.25) is 0 Å². The fourth-order valence-electron chi connectivity index (χ4n) is 1.76. The Bertz CT molecular complexity index is 187. The summed E-state index contributed by atoms with van der Waals surface area (Å²) < 4.78 is 5.70. The van der Waals surface area contributed by atoms with Gasteiger partial charge >= 0.3 is 0 Å². The summed E-state index contributed by atoms with van der Waals surface area (Å²) in [4.78, 5) is 0. The molecule has 2 heteroatoms. The molecule has 0 aromatic heterocycles. The first-order valence-electron chi connectivity index (χ1n) is 5.82. The Labute approximate surface area is 87.7 Å². The molecule has 0 fully saturated rings. The van der Waals surface area contributed by atoms with E-state index in [-0.39, 0.29) is 0 Å². The predicted molar refractivity (Wildman–Crippen MR) is 60.2 cm³/mol. The number of rotatable bonds is 5. The molecule has 1 unspecified atom stereocenters. The van der Waals surface area contributed by atoms with Crippen LogP contribution in [0.25, 0.3) is 0 Å². The van der Waals surface area contributed by atoms with Gasteiger partial charge in [0, 0.05) is 0 Å². The fourth-order valence-corrected chi connectivity index (χ4v) is 1.76. The van der Waals surface area contributed by atoms with E-state index in [2.05, 4.69) is 32.2 Å². The number of ether oxygens (including phenoxy) is 1. The lowest BCUT2D eigenvalue weighted by Crippen LogP contribution is -2.37.